The Balaban J connectivity index is 1.89. The fourth-order valence-corrected chi connectivity index (χ4v) is 5.74. The molecule has 1 aliphatic rings. The molecule has 0 bridgehead atoms. The van der Waals surface area contributed by atoms with Crippen LogP contribution >= 0.6 is 11.3 Å². The molecule has 0 aliphatic carbocycles. The zero-order valence-electron chi connectivity index (χ0n) is 16.9. The van der Waals surface area contributed by atoms with E-state index < -0.39 is 10.0 Å². The van der Waals surface area contributed by atoms with Crippen molar-refractivity contribution in [2.45, 2.75) is 57.4 Å². The minimum atomic E-state index is -3.59. The summed E-state index contributed by atoms with van der Waals surface area (Å²) in [5, 5.41) is 0.658. The molecule has 1 N–H and O–H groups in total. The molecular formula is C19H28N4O3S2. The van der Waals surface area contributed by atoms with Crippen molar-refractivity contribution in [2.24, 2.45) is 7.05 Å². The first-order chi connectivity index (χ1) is 13.2. The lowest BCUT2D eigenvalue weighted by Gasteiger charge is -2.26. The van der Waals surface area contributed by atoms with Crippen LogP contribution in [0.3, 0.4) is 0 Å². The van der Waals surface area contributed by atoms with Crippen molar-refractivity contribution in [1.29, 1.82) is 0 Å². The number of hydrogen-bond acceptors (Lipinski definition) is 5. The molecule has 1 unspecified atom stereocenters. The molecule has 9 heteroatoms. The fourth-order valence-electron chi connectivity index (χ4n) is 3.26. The average Bonchev–Trinajstić information content (AvgIpc) is 3.24. The van der Waals surface area contributed by atoms with Gasteiger partial charge in [0.15, 0.2) is 0 Å². The van der Waals surface area contributed by atoms with Crippen molar-refractivity contribution in [3.8, 4) is 10.7 Å². The molecule has 1 amide bonds. The molecule has 2 aromatic rings. The normalized spacial score (nSPS) is 16.4. The van der Waals surface area contributed by atoms with Crippen LogP contribution in [0, 0.1) is 6.92 Å². The Kier molecular flexibility index (Phi) is 6.26. The van der Waals surface area contributed by atoms with Gasteiger partial charge < -0.3 is 9.47 Å². The molecule has 28 heavy (non-hydrogen) atoms. The number of amides is 1. The van der Waals surface area contributed by atoms with E-state index in [0.717, 1.165) is 25.9 Å². The zero-order chi connectivity index (χ0) is 20.5. The number of likely N-dealkylation sites (tertiary alicyclic amines) is 1. The van der Waals surface area contributed by atoms with Gasteiger partial charge in [0.1, 0.15) is 14.8 Å². The summed E-state index contributed by atoms with van der Waals surface area (Å²) in [6, 6.07) is 1.49. The van der Waals surface area contributed by atoms with Crippen molar-refractivity contribution in [1.82, 2.24) is 19.2 Å². The Hall–Kier alpha value is -1.71. The lowest BCUT2D eigenvalue weighted by atomic mass is 10.1. The second-order valence-electron chi connectivity index (χ2n) is 7.39. The van der Waals surface area contributed by atoms with E-state index in [4.69, 9.17) is 0 Å². The highest BCUT2D eigenvalue weighted by Gasteiger charge is 2.25. The van der Waals surface area contributed by atoms with Gasteiger partial charge in [-0.15, -0.1) is 11.3 Å². The van der Waals surface area contributed by atoms with Gasteiger partial charge in [-0.25, -0.2) is 18.1 Å². The second-order valence-corrected chi connectivity index (χ2v) is 10.1. The van der Waals surface area contributed by atoms with Crippen LogP contribution in [0.2, 0.25) is 0 Å². The maximum absolute atomic E-state index is 12.9. The standard InChI is InChI=1S/C19H28N4O3S2/c1-5-13(2)21-28(25,26)15-11-16(22(4)12-15)18-20-14(3)17(27-18)19(24)23-9-7-6-8-10-23/h11-13,21H,5-10H2,1-4H3. The lowest BCUT2D eigenvalue weighted by Crippen LogP contribution is -2.35. The average molecular weight is 425 g/mol. The fraction of sp³-hybridized carbons (Fsp3) is 0.579. The van der Waals surface area contributed by atoms with E-state index in [1.165, 1.54) is 17.8 Å². The molecule has 1 fully saturated rings. The minimum Gasteiger partial charge on any atom is -0.347 e. The van der Waals surface area contributed by atoms with Gasteiger partial charge in [-0.3, -0.25) is 4.79 Å². The number of rotatable bonds is 6. The summed E-state index contributed by atoms with van der Waals surface area (Å²) in [6.07, 6.45) is 5.55. The molecule has 154 valence electrons. The van der Waals surface area contributed by atoms with Crippen LogP contribution in [0.1, 0.15) is 54.9 Å². The number of piperidine rings is 1. The first kappa shape index (κ1) is 21.0. The number of aryl methyl sites for hydroxylation is 2. The highest BCUT2D eigenvalue weighted by molar-refractivity contribution is 7.89. The van der Waals surface area contributed by atoms with Crippen LogP contribution in [0.25, 0.3) is 10.7 Å². The number of carbonyl (C=O) groups is 1. The monoisotopic (exact) mass is 424 g/mol. The van der Waals surface area contributed by atoms with Gasteiger partial charge in [-0.1, -0.05) is 6.92 Å². The molecule has 0 aromatic carbocycles. The molecule has 3 rings (SSSR count). The smallest absolute Gasteiger partial charge is 0.265 e. The summed E-state index contributed by atoms with van der Waals surface area (Å²) in [6.45, 7) is 7.19. The van der Waals surface area contributed by atoms with E-state index in [1.54, 1.807) is 23.9 Å². The summed E-state index contributed by atoms with van der Waals surface area (Å²) in [5.41, 5.74) is 1.38. The maximum Gasteiger partial charge on any atom is 0.265 e. The molecule has 0 radical (unpaired) electrons. The summed E-state index contributed by atoms with van der Waals surface area (Å²) < 4.78 is 29.6. The van der Waals surface area contributed by atoms with Gasteiger partial charge >= 0.3 is 0 Å². The third-order valence-corrected chi connectivity index (χ3v) is 7.84. The van der Waals surface area contributed by atoms with Crippen molar-refractivity contribution < 1.29 is 13.2 Å². The highest BCUT2D eigenvalue weighted by Crippen LogP contribution is 2.31. The third kappa shape index (κ3) is 4.31. The number of aromatic nitrogens is 2. The zero-order valence-corrected chi connectivity index (χ0v) is 18.5. The molecule has 1 aliphatic heterocycles. The number of carbonyl (C=O) groups excluding carboxylic acids is 1. The minimum absolute atomic E-state index is 0.0291. The van der Waals surface area contributed by atoms with Crippen molar-refractivity contribution in [3.63, 3.8) is 0 Å². The topological polar surface area (TPSA) is 84.3 Å². The Bertz CT molecular complexity index is 956. The molecule has 2 aromatic heterocycles. The van der Waals surface area contributed by atoms with E-state index in [9.17, 15) is 13.2 Å². The highest BCUT2D eigenvalue weighted by atomic mass is 32.2. The third-order valence-electron chi connectivity index (χ3n) is 5.11. The number of hydrogen-bond donors (Lipinski definition) is 1. The number of nitrogens with one attached hydrogen (secondary N) is 1. The van der Waals surface area contributed by atoms with Crippen LogP contribution in [0.4, 0.5) is 0 Å². The van der Waals surface area contributed by atoms with Crippen LogP contribution < -0.4 is 4.72 Å². The second kappa shape index (κ2) is 8.34. The predicted octanol–water partition coefficient (Wildman–Crippen LogP) is 3.16. The van der Waals surface area contributed by atoms with Crippen LogP contribution in [0.5, 0.6) is 0 Å². The van der Waals surface area contributed by atoms with Gasteiger partial charge in [-0.05, 0) is 45.6 Å². The summed E-state index contributed by atoms with van der Waals surface area (Å²) >= 11 is 1.33. The Labute approximate surface area is 170 Å². The maximum atomic E-state index is 12.9. The van der Waals surface area contributed by atoms with E-state index in [1.807, 2.05) is 25.7 Å². The predicted molar refractivity (Wildman–Crippen MR) is 111 cm³/mol. The molecular weight excluding hydrogens is 396 g/mol. The number of thiazole rings is 1. The summed E-state index contributed by atoms with van der Waals surface area (Å²) in [7, 11) is -1.80. The van der Waals surface area contributed by atoms with Crippen LogP contribution in [0.15, 0.2) is 17.2 Å². The Morgan fingerprint density at radius 1 is 1.32 bits per heavy atom. The van der Waals surface area contributed by atoms with Crippen LogP contribution in [-0.2, 0) is 17.1 Å². The van der Waals surface area contributed by atoms with Crippen molar-refractivity contribution >= 4 is 27.3 Å². The van der Waals surface area contributed by atoms with Gasteiger partial charge in [-0.2, -0.15) is 0 Å². The SMILES string of the molecule is CCC(C)NS(=O)(=O)c1cc(-c2nc(C)c(C(=O)N3CCCCC3)s2)n(C)c1. The molecule has 3 heterocycles. The van der Waals surface area contributed by atoms with E-state index >= 15 is 0 Å². The molecule has 7 nitrogen and oxygen atoms in total. The summed E-state index contributed by atoms with van der Waals surface area (Å²) in [4.78, 5) is 20.2. The van der Waals surface area contributed by atoms with Gasteiger partial charge in [0.2, 0.25) is 10.0 Å². The lowest BCUT2D eigenvalue weighted by molar-refractivity contribution is 0.0728. The van der Waals surface area contributed by atoms with E-state index in [-0.39, 0.29) is 16.8 Å². The molecule has 1 atom stereocenters. The van der Waals surface area contributed by atoms with Gasteiger partial charge in [0.25, 0.3) is 5.91 Å². The van der Waals surface area contributed by atoms with E-state index in [2.05, 4.69) is 9.71 Å². The Morgan fingerprint density at radius 2 is 2.00 bits per heavy atom. The van der Waals surface area contributed by atoms with Gasteiger partial charge in [0.05, 0.1) is 11.4 Å². The number of sulfonamides is 1. The Morgan fingerprint density at radius 3 is 2.64 bits per heavy atom. The molecule has 1 saturated heterocycles. The van der Waals surface area contributed by atoms with Crippen molar-refractivity contribution in [3.05, 3.63) is 22.8 Å². The van der Waals surface area contributed by atoms with Crippen molar-refractivity contribution in [2.75, 3.05) is 13.1 Å². The first-order valence-electron chi connectivity index (χ1n) is 9.68. The quantitative estimate of drug-likeness (QED) is 0.772. The number of nitrogens with zero attached hydrogens (tertiary/aromatic N) is 3. The first-order valence-corrected chi connectivity index (χ1v) is 12.0. The van der Waals surface area contributed by atoms with Crippen LogP contribution in [-0.4, -0.2) is 47.9 Å². The largest absolute Gasteiger partial charge is 0.347 e. The summed E-state index contributed by atoms with van der Waals surface area (Å²) in [5.74, 6) is 0.0291. The van der Waals surface area contributed by atoms with E-state index in [0.29, 0.717) is 27.7 Å². The van der Waals surface area contributed by atoms with Gasteiger partial charge in [0, 0.05) is 32.4 Å². The molecule has 0 spiro atoms. The molecule has 0 saturated carbocycles.